The van der Waals surface area contributed by atoms with E-state index in [0.29, 0.717) is 0 Å². The maximum absolute atomic E-state index is 2.51. The van der Waals surface area contributed by atoms with Gasteiger partial charge in [0.15, 0.2) is 0 Å². The molecule has 0 spiro atoms. The highest BCUT2D eigenvalue weighted by molar-refractivity contribution is 5.52. The molecule has 1 heterocycles. The van der Waals surface area contributed by atoms with Crippen LogP contribution in [0.25, 0.3) is 0 Å². The maximum atomic E-state index is 2.51. The fourth-order valence-electron chi connectivity index (χ4n) is 3.75. The van der Waals surface area contributed by atoms with Crippen LogP contribution in [0.5, 0.6) is 0 Å². The van der Waals surface area contributed by atoms with Gasteiger partial charge in [-0.3, -0.25) is 0 Å². The molecule has 3 nitrogen and oxygen atoms in total. The van der Waals surface area contributed by atoms with Crippen LogP contribution < -0.4 is 14.7 Å². The van der Waals surface area contributed by atoms with Crippen LogP contribution in [0.2, 0.25) is 0 Å². The molecule has 1 aliphatic heterocycles. The Bertz CT molecular complexity index is 680. The van der Waals surface area contributed by atoms with Gasteiger partial charge >= 0.3 is 0 Å². The number of hydrogen-bond donors (Lipinski definition) is 0. The number of benzene rings is 3. The van der Waals surface area contributed by atoms with E-state index < -0.39 is 0 Å². The van der Waals surface area contributed by atoms with Crippen molar-refractivity contribution in [3.8, 4) is 0 Å². The van der Waals surface area contributed by atoms with E-state index in [9.17, 15) is 0 Å². The summed E-state index contributed by atoms with van der Waals surface area (Å²) in [6.45, 7) is 6.18. The van der Waals surface area contributed by atoms with E-state index in [1.807, 2.05) is 0 Å². The summed E-state index contributed by atoms with van der Waals surface area (Å²) in [7, 11) is 0. The molecule has 0 saturated carbocycles. The zero-order valence-electron chi connectivity index (χ0n) is 15.7. The van der Waals surface area contributed by atoms with Crippen LogP contribution in [0.4, 0.5) is 17.1 Å². The lowest BCUT2D eigenvalue weighted by Gasteiger charge is -2.28. The number of hydrogen-bond acceptors (Lipinski definition) is 3. The number of anilines is 3. The highest BCUT2D eigenvalue weighted by atomic mass is 15.3. The zero-order valence-corrected chi connectivity index (χ0v) is 15.7. The van der Waals surface area contributed by atoms with Crippen molar-refractivity contribution in [1.82, 2.24) is 0 Å². The quantitative estimate of drug-likeness (QED) is 0.682. The molecule has 138 valence electrons. The molecule has 3 aromatic carbocycles. The van der Waals surface area contributed by atoms with E-state index in [2.05, 4.69) is 106 Å². The first-order valence-electron chi connectivity index (χ1n) is 9.80. The van der Waals surface area contributed by atoms with Gasteiger partial charge < -0.3 is 14.7 Å². The second-order valence-electron chi connectivity index (χ2n) is 6.97. The normalized spacial score (nSPS) is 15.8. The summed E-state index contributed by atoms with van der Waals surface area (Å²) in [5.74, 6) is 0. The Morgan fingerprint density at radius 2 is 0.556 bits per heavy atom. The summed E-state index contributed by atoms with van der Waals surface area (Å²) < 4.78 is 0. The Morgan fingerprint density at radius 3 is 0.778 bits per heavy atom. The van der Waals surface area contributed by atoms with Crippen LogP contribution in [0, 0.1) is 0 Å². The highest BCUT2D eigenvalue weighted by Gasteiger charge is 2.17. The van der Waals surface area contributed by atoms with Crippen molar-refractivity contribution in [1.29, 1.82) is 0 Å². The third kappa shape index (κ3) is 4.43. The number of rotatable bonds is 3. The van der Waals surface area contributed by atoms with Crippen molar-refractivity contribution in [3.05, 3.63) is 91.0 Å². The fraction of sp³-hybridized carbons (Fsp3) is 0.250. The van der Waals surface area contributed by atoms with Crippen LogP contribution >= 0.6 is 0 Å². The lowest BCUT2D eigenvalue weighted by molar-refractivity contribution is 0.766. The third-order valence-electron chi connectivity index (χ3n) is 5.28. The van der Waals surface area contributed by atoms with Crippen LogP contribution in [-0.4, -0.2) is 39.3 Å². The molecule has 1 fully saturated rings. The molecule has 0 aromatic heterocycles. The summed E-state index contributed by atoms with van der Waals surface area (Å²) in [5.41, 5.74) is 3.92. The van der Waals surface area contributed by atoms with Gasteiger partial charge in [0.2, 0.25) is 0 Å². The van der Waals surface area contributed by atoms with E-state index in [1.54, 1.807) is 0 Å². The topological polar surface area (TPSA) is 9.72 Å². The standard InChI is InChI=1S/C24H27N3/c1-4-10-22(11-5-1)25-16-18-26(23-12-6-2-7-13-23)20-21-27(19-17-25)24-14-8-3-9-15-24/h1-15H,16-21H2. The zero-order chi connectivity index (χ0) is 18.3. The van der Waals surface area contributed by atoms with E-state index in [1.165, 1.54) is 17.1 Å². The summed E-state index contributed by atoms with van der Waals surface area (Å²) in [6, 6.07) is 32.4. The molecule has 3 heteroatoms. The molecule has 3 aromatic rings. The highest BCUT2D eigenvalue weighted by Crippen LogP contribution is 2.20. The van der Waals surface area contributed by atoms with Crippen molar-refractivity contribution in [2.45, 2.75) is 0 Å². The molecule has 0 radical (unpaired) electrons. The van der Waals surface area contributed by atoms with Gasteiger partial charge in [-0.15, -0.1) is 0 Å². The predicted molar refractivity (Wildman–Crippen MR) is 116 cm³/mol. The van der Waals surface area contributed by atoms with E-state index in [4.69, 9.17) is 0 Å². The molecule has 0 amide bonds. The van der Waals surface area contributed by atoms with Gasteiger partial charge in [0.25, 0.3) is 0 Å². The summed E-state index contributed by atoms with van der Waals surface area (Å²) in [4.78, 5) is 7.53. The first-order chi connectivity index (χ1) is 13.4. The molecular formula is C24H27N3. The molecule has 0 atom stereocenters. The molecule has 0 aliphatic carbocycles. The Balaban J connectivity index is 1.60. The second kappa shape index (κ2) is 8.63. The lowest BCUT2D eigenvalue weighted by Crippen LogP contribution is -2.36. The van der Waals surface area contributed by atoms with E-state index in [-0.39, 0.29) is 0 Å². The van der Waals surface area contributed by atoms with Gasteiger partial charge in [0.1, 0.15) is 0 Å². The molecule has 1 aliphatic rings. The monoisotopic (exact) mass is 357 g/mol. The predicted octanol–water partition coefficient (Wildman–Crippen LogP) is 4.52. The Morgan fingerprint density at radius 1 is 0.333 bits per heavy atom. The first-order valence-corrected chi connectivity index (χ1v) is 9.80. The largest absolute Gasteiger partial charge is 0.368 e. The van der Waals surface area contributed by atoms with E-state index in [0.717, 1.165) is 39.3 Å². The van der Waals surface area contributed by atoms with Crippen molar-refractivity contribution >= 4 is 17.1 Å². The summed E-state index contributed by atoms with van der Waals surface area (Å²) in [6.07, 6.45) is 0. The van der Waals surface area contributed by atoms with Crippen LogP contribution in [0.15, 0.2) is 91.0 Å². The minimum Gasteiger partial charge on any atom is -0.368 e. The van der Waals surface area contributed by atoms with Gasteiger partial charge in [-0.25, -0.2) is 0 Å². The van der Waals surface area contributed by atoms with E-state index >= 15 is 0 Å². The Kier molecular flexibility index (Phi) is 5.58. The minimum atomic E-state index is 1.03. The molecule has 27 heavy (non-hydrogen) atoms. The van der Waals surface area contributed by atoms with Crippen molar-refractivity contribution in [2.24, 2.45) is 0 Å². The van der Waals surface area contributed by atoms with Crippen LogP contribution in [0.1, 0.15) is 0 Å². The lowest BCUT2D eigenvalue weighted by atomic mass is 10.2. The van der Waals surface area contributed by atoms with Gasteiger partial charge in [-0.05, 0) is 36.4 Å². The Hall–Kier alpha value is -2.94. The van der Waals surface area contributed by atoms with Crippen molar-refractivity contribution < 1.29 is 0 Å². The second-order valence-corrected chi connectivity index (χ2v) is 6.97. The SMILES string of the molecule is c1ccc(N2CCN(c3ccccc3)CCN(c3ccccc3)CC2)cc1. The Labute approximate surface area is 162 Å². The van der Waals surface area contributed by atoms with Gasteiger partial charge in [0, 0.05) is 56.3 Å². The molecular weight excluding hydrogens is 330 g/mol. The molecule has 1 saturated heterocycles. The number of para-hydroxylation sites is 3. The average molecular weight is 358 g/mol. The summed E-state index contributed by atoms with van der Waals surface area (Å²) >= 11 is 0. The first kappa shape index (κ1) is 17.5. The minimum absolute atomic E-state index is 1.03. The smallest absolute Gasteiger partial charge is 0.0367 e. The van der Waals surface area contributed by atoms with Crippen molar-refractivity contribution in [2.75, 3.05) is 54.0 Å². The molecule has 4 rings (SSSR count). The van der Waals surface area contributed by atoms with Crippen molar-refractivity contribution in [3.63, 3.8) is 0 Å². The fourth-order valence-corrected chi connectivity index (χ4v) is 3.75. The van der Waals surface area contributed by atoms with Gasteiger partial charge in [0.05, 0.1) is 0 Å². The summed E-state index contributed by atoms with van der Waals surface area (Å²) in [5, 5.41) is 0. The average Bonchev–Trinajstić information content (AvgIpc) is 2.86. The molecule has 0 unspecified atom stereocenters. The molecule has 0 bridgehead atoms. The number of nitrogens with zero attached hydrogens (tertiary/aromatic N) is 3. The van der Waals surface area contributed by atoms with Crippen LogP contribution in [0.3, 0.4) is 0 Å². The third-order valence-corrected chi connectivity index (χ3v) is 5.28. The van der Waals surface area contributed by atoms with Gasteiger partial charge in [-0.2, -0.15) is 0 Å². The van der Waals surface area contributed by atoms with Crippen LogP contribution in [-0.2, 0) is 0 Å². The molecule has 0 N–H and O–H groups in total. The van der Waals surface area contributed by atoms with Gasteiger partial charge in [-0.1, -0.05) is 54.6 Å². The maximum Gasteiger partial charge on any atom is 0.0367 e.